The van der Waals surface area contributed by atoms with Crippen LogP contribution in [-0.4, -0.2) is 35.2 Å². The van der Waals surface area contributed by atoms with Crippen molar-refractivity contribution < 1.29 is 9.53 Å². The molecule has 2 heterocycles. The number of carbonyl (C=O) groups is 1. The van der Waals surface area contributed by atoms with E-state index >= 15 is 0 Å². The minimum absolute atomic E-state index is 0.0361. The fourth-order valence-corrected chi connectivity index (χ4v) is 4.49. The number of ether oxygens (including phenoxy) is 1. The largest absolute Gasteiger partial charge is 0.382 e. The van der Waals surface area contributed by atoms with Crippen LogP contribution in [0.2, 0.25) is 0 Å². The monoisotopic (exact) mass is 419 g/mol. The lowest BCUT2D eigenvalue weighted by atomic mass is 10.2. The Labute approximate surface area is 172 Å². The van der Waals surface area contributed by atoms with Gasteiger partial charge in [0.05, 0.1) is 5.52 Å². The van der Waals surface area contributed by atoms with Crippen LogP contribution < -0.4 is 10.9 Å². The number of nitrogens with zero attached hydrogens (tertiary/aromatic N) is 1. The molecule has 150 valence electrons. The summed E-state index contributed by atoms with van der Waals surface area (Å²) in [5, 5.41) is 3.92. The van der Waals surface area contributed by atoms with Gasteiger partial charge >= 0.3 is 0 Å². The highest BCUT2D eigenvalue weighted by Gasteiger charge is 2.12. The van der Waals surface area contributed by atoms with Crippen LogP contribution in [0.4, 0.5) is 0 Å². The number of hydrogen-bond donors (Lipinski definition) is 2. The van der Waals surface area contributed by atoms with E-state index in [4.69, 9.17) is 17.0 Å². The molecule has 28 heavy (non-hydrogen) atoms. The smallest absolute Gasteiger partial charge is 0.272 e. The molecule has 0 saturated carbocycles. The topological polar surface area (TPSA) is 76.1 Å². The van der Waals surface area contributed by atoms with Gasteiger partial charge in [0.25, 0.3) is 5.56 Å². The van der Waals surface area contributed by atoms with E-state index in [2.05, 4.69) is 10.3 Å². The molecule has 2 N–H and O–H groups in total. The van der Waals surface area contributed by atoms with Gasteiger partial charge in [0.1, 0.15) is 4.70 Å². The molecule has 3 rings (SSSR count). The van der Waals surface area contributed by atoms with Crippen LogP contribution >= 0.6 is 23.6 Å². The van der Waals surface area contributed by atoms with Crippen molar-refractivity contribution in [3.8, 4) is 0 Å². The van der Waals surface area contributed by atoms with Crippen molar-refractivity contribution in [1.29, 1.82) is 0 Å². The van der Waals surface area contributed by atoms with Gasteiger partial charge in [-0.1, -0.05) is 18.2 Å². The fourth-order valence-electron chi connectivity index (χ4n) is 3.10. The molecule has 0 aliphatic rings. The van der Waals surface area contributed by atoms with Gasteiger partial charge in [0.15, 0.2) is 4.77 Å². The molecule has 1 amide bonds. The molecule has 1 aromatic carbocycles. The number of carbonyl (C=O) groups excluding carboxylic acids is 1. The molecule has 0 spiro atoms. The average Bonchev–Trinajstić information content (AvgIpc) is 3.06. The second-order valence-electron chi connectivity index (χ2n) is 6.55. The second-order valence-corrected chi connectivity index (χ2v) is 7.99. The van der Waals surface area contributed by atoms with E-state index < -0.39 is 0 Å². The van der Waals surface area contributed by atoms with E-state index in [9.17, 15) is 9.59 Å². The number of benzene rings is 1. The summed E-state index contributed by atoms with van der Waals surface area (Å²) in [7, 11) is 0. The third-order valence-electron chi connectivity index (χ3n) is 4.54. The van der Waals surface area contributed by atoms with E-state index in [-0.39, 0.29) is 11.5 Å². The van der Waals surface area contributed by atoms with Crippen LogP contribution in [-0.2, 0) is 16.1 Å². The normalized spacial score (nSPS) is 11.3. The van der Waals surface area contributed by atoms with Crippen LogP contribution in [0.5, 0.6) is 0 Å². The van der Waals surface area contributed by atoms with Crippen LogP contribution in [0.1, 0.15) is 32.6 Å². The molecule has 0 saturated heterocycles. The summed E-state index contributed by atoms with van der Waals surface area (Å²) in [6, 6.07) is 7.93. The molecular formula is C20H25N3O3S2. The first-order valence-corrected chi connectivity index (χ1v) is 10.8. The summed E-state index contributed by atoms with van der Waals surface area (Å²) in [4.78, 5) is 27.9. The van der Waals surface area contributed by atoms with Gasteiger partial charge in [-0.3, -0.25) is 14.2 Å². The maximum atomic E-state index is 12.9. The number of hydrogen-bond acceptors (Lipinski definition) is 5. The van der Waals surface area contributed by atoms with Crippen LogP contribution in [0, 0.1) is 4.77 Å². The van der Waals surface area contributed by atoms with Crippen molar-refractivity contribution in [2.45, 2.75) is 39.2 Å². The quantitative estimate of drug-likeness (QED) is 0.385. The summed E-state index contributed by atoms with van der Waals surface area (Å²) in [6.07, 6.45) is 2.70. The highest BCUT2D eigenvalue weighted by Crippen LogP contribution is 2.29. The summed E-state index contributed by atoms with van der Waals surface area (Å²) < 4.78 is 9.04. The molecule has 0 fully saturated rings. The van der Waals surface area contributed by atoms with Crippen molar-refractivity contribution in [3.05, 3.63) is 39.4 Å². The molecule has 0 aliphatic carbocycles. The van der Waals surface area contributed by atoms with Gasteiger partial charge in [-0.05, 0) is 44.5 Å². The van der Waals surface area contributed by atoms with Crippen LogP contribution in [0.15, 0.2) is 29.1 Å². The number of aromatic amines is 1. The van der Waals surface area contributed by atoms with Gasteiger partial charge in [0, 0.05) is 42.8 Å². The van der Waals surface area contributed by atoms with Crippen molar-refractivity contribution in [2.75, 3.05) is 19.8 Å². The van der Waals surface area contributed by atoms with Crippen molar-refractivity contribution in [1.82, 2.24) is 14.9 Å². The zero-order valence-corrected chi connectivity index (χ0v) is 17.6. The first kappa shape index (κ1) is 20.7. The number of amides is 1. The number of nitrogens with one attached hydrogen (secondary N) is 2. The van der Waals surface area contributed by atoms with E-state index in [1.54, 1.807) is 4.57 Å². The van der Waals surface area contributed by atoms with Gasteiger partial charge in [-0.2, -0.15) is 0 Å². The summed E-state index contributed by atoms with van der Waals surface area (Å²) in [5.41, 5.74) is 0.763. The van der Waals surface area contributed by atoms with Gasteiger partial charge < -0.3 is 15.0 Å². The van der Waals surface area contributed by atoms with E-state index in [1.807, 2.05) is 31.2 Å². The van der Waals surface area contributed by atoms with Gasteiger partial charge in [0.2, 0.25) is 5.91 Å². The SMILES string of the molecule is CCOCCCNC(=O)CCCCn1c(=S)[nH]c2c(sc3ccccc32)c1=O. The zero-order chi connectivity index (χ0) is 19.9. The number of unbranched alkanes of at least 4 members (excludes halogenated alkanes) is 1. The highest BCUT2D eigenvalue weighted by molar-refractivity contribution is 7.71. The first-order valence-electron chi connectivity index (χ1n) is 9.60. The summed E-state index contributed by atoms with van der Waals surface area (Å²) >= 11 is 6.89. The minimum atomic E-state index is -0.0553. The Hall–Kier alpha value is -2.03. The molecule has 6 nitrogen and oxygen atoms in total. The Morgan fingerprint density at radius 2 is 2.11 bits per heavy atom. The highest BCUT2D eigenvalue weighted by atomic mass is 32.1. The lowest BCUT2D eigenvalue weighted by Gasteiger charge is -2.07. The number of aromatic nitrogens is 2. The molecule has 0 radical (unpaired) electrons. The van der Waals surface area contributed by atoms with E-state index in [0.717, 1.165) is 28.4 Å². The summed E-state index contributed by atoms with van der Waals surface area (Å²) in [5.74, 6) is 0.0361. The average molecular weight is 420 g/mol. The predicted octanol–water partition coefficient (Wildman–Crippen LogP) is 3.99. The molecule has 0 aliphatic heterocycles. The van der Waals surface area contributed by atoms with Gasteiger partial charge in [-0.25, -0.2) is 0 Å². The number of fused-ring (bicyclic) bond motifs is 3. The first-order chi connectivity index (χ1) is 13.6. The van der Waals surface area contributed by atoms with Crippen LogP contribution in [0.25, 0.3) is 20.3 Å². The standard InChI is InChI=1S/C20H25N3O3S2/c1-2-26-13-7-11-21-16(24)10-5-6-12-23-19(25)18-17(22-20(23)27)14-8-3-4-9-15(14)28-18/h3-4,8-9H,2,5-7,10-13H2,1H3,(H,21,24)(H,22,27). The fraction of sp³-hybridized carbons (Fsp3) is 0.450. The van der Waals surface area contributed by atoms with Crippen molar-refractivity contribution in [3.63, 3.8) is 0 Å². The maximum Gasteiger partial charge on any atom is 0.272 e. The maximum absolute atomic E-state index is 12.9. The number of rotatable bonds is 10. The second kappa shape index (κ2) is 9.95. The van der Waals surface area contributed by atoms with E-state index in [0.29, 0.717) is 48.6 Å². The molecule has 0 bridgehead atoms. The van der Waals surface area contributed by atoms with Crippen molar-refractivity contribution in [2.24, 2.45) is 0 Å². The third-order valence-corrected chi connectivity index (χ3v) is 6.02. The predicted molar refractivity (Wildman–Crippen MR) is 117 cm³/mol. The zero-order valence-electron chi connectivity index (χ0n) is 16.0. The molecule has 0 atom stereocenters. The Morgan fingerprint density at radius 1 is 1.29 bits per heavy atom. The molecule has 3 aromatic rings. The molecular weight excluding hydrogens is 394 g/mol. The number of thiophene rings is 1. The lowest BCUT2D eigenvalue weighted by molar-refractivity contribution is -0.121. The molecule has 2 aromatic heterocycles. The minimum Gasteiger partial charge on any atom is -0.382 e. The Bertz CT molecular complexity index is 1070. The molecule has 8 heteroatoms. The summed E-state index contributed by atoms with van der Waals surface area (Å²) in [6.45, 7) is 4.46. The lowest BCUT2D eigenvalue weighted by Crippen LogP contribution is -2.25. The van der Waals surface area contributed by atoms with Crippen molar-refractivity contribution >= 4 is 49.8 Å². The van der Waals surface area contributed by atoms with E-state index in [1.165, 1.54) is 11.3 Å². The number of H-pyrrole nitrogens is 1. The third kappa shape index (κ3) is 4.87. The Balaban J connectivity index is 1.56. The van der Waals surface area contributed by atoms with Gasteiger partial charge in [-0.15, -0.1) is 11.3 Å². The Kier molecular flexibility index (Phi) is 7.36. The van der Waals surface area contributed by atoms with Crippen LogP contribution in [0.3, 0.4) is 0 Å². The Morgan fingerprint density at radius 3 is 2.93 bits per heavy atom. The molecule has 0 unspecified atom stereocenters.